The molecule has 2 aromatic carbocycles. The summed E-state index contributed by atoms with van der Waals surface area (Å²) in [5.74, 6) is 1.19. The van der Waals surface area contributed by atoms with Crippen molar-refractivity contribution in [3.05, 3.63) is 71.5 Å². The van der Waals surface area contributed by atoms with Gasteiger partial charge in [-0.05, 0) is 61.7 Å². The minimum atomic E-state index is -3.54. The normalized spacial score (nSPS) is 14.7. The molecule has 1 saturated heterocycles. The van der Waals surface area contributed by atoms with Gasteiger partial charge in [-0.1, -0.05) is 24.3 Å². The van der Waals surface area contributed by atoms with Crippen molar-refractivity contribution in [3.63, 3.8) is 0 Å². The largest absolute Gasteiger partial charge is 0.497 e. The molecule has 2 N–H and O–H groups in total. The number of benzene rings is 2. The van der Waals surface area contributed by atoms with Crippen LogP contribution in [0.5, 0.6) is 5.75 Å². The monoisotopic (exact) mass is 508 g/mol. The fourth-order valence-corrected chi connectivity index (χ4v) is 5.77. The fraction of sp³-hybridized carbons (Fsp3) is 0.269. The highest BCUT2D eigenvalue weighted by Gasteiger charge is 2.32. The lowest BCUT2D eigenvalue weighted by atomic mass is 10.1. The number of nitrogens with zero attached hydrogens (tertiary/aromatic N) is 3. The Kier molecular flexibility index (Phi) is 7.54. The second kappa shape index (κ2) is 10.8. The maximum absolute atomic E-state index is 13.0. The lowest BCUT2D eigenvalue weighted by Gasteiger charge is -2.29. The number of carboxylic acid groups (broad SMARTS) is 1. The molecule has 0 radical (unpaired) electrons. The number of aryl methyl sites for hydroxylation is 1. The van der Waals surface area contributed by atoms with Crippen molar-refractivity contribution >= 4 is 39.7 Å². The van der Waals surface area contributed by atoms with Gasteiger partial charge in [0, 0.05) is 30.5 Å². The Morgan fingerprint density at radius 1 is 1.14 bits per heavy atom. The minimum Gasteiger partial charge on any atom is -0.497 e. The van der Waals surface area contributed by atoms with Crippen molar-refractivity contribution in [2.24, 2.45) is 0 Å². The molecule has 2 heterocycles. The van der Waals surface area contributed by atoms with Gasteiger partial charge in [0.2, 0.25) is 5.95 Å². The van der Waals surface area contributed by atoms with E-state index in [9.17, 15) is 13.2 Å². The summed E-state index contributed by atoms with van der Waals surface area (Å²) >= 11 is 0. The minimum absolute atomic E-state index is 0.219. The second-order valence-corrected chi connectivity index (χ2v) is 10.7. The van der Waals surface area contributed by atoms with E-state index in [1.807, 2.05) is 43.3 Å². The van der Waals surface area contributed by atoms with Crippen LogP contribution < -0.4 is 10.1 Å². The number of sulfone groups is 1. The molecule has 9 nitrogen and oxygen atoms in total. The molecular weight excluding hydrogens is 480 g/mol. The number of likely N-dealkylation sites (tertiary alicyclic amines) is 1. The summed E-state index contributed by atoms with van der Waals surface area (Å²) in [4.78, 5) is 21.4. The maximum atomic E-state index is 13.0. The molecule has 188 valence electrons. The van der Waals surface area contributed by atoms with Crippen LogP contribution in [0.2, 0.25) is 0 Å². The first-order valence-corrected chi connectivity index (χ1v) is 13.1. The van der Waals surface area contributed by atoms with E-state index in [0.717, 1.165) is 22.6 Å². The van der Waals surface area contributed by atoms with Crippen LogP contribution in [0.25, 0.3) is 12.2 Å². The summed E-state index contributed by atoms with van der Waals surface area (Å²) in [6.45, 7) is 2.34. The zero-order valence-corrected chi connectivity index (χ0v) is 20.9. The van der Waals surface area contributed by atoms with Gasteiger partial charge in [-0.15, -0.1) is 0 Å². The lowest BCUT2D eigenvalue weighted by molar-refractivity contribution is 0.136. The number of amides is 1. The number of rotatable bonds is 7. The first-order chi connectivity index (χ1) is 17.3. The van der Waals surface area contributed by atoms with Gasteiger partial charge in [0.25, 0.3) is 0 Å². The first-order valence-electron chi connectivity index (χ1n) is 11.5. The Bertz CT molecular complexity index is 1370. The van der Waals surface area contributed by atoms with Crippen LogP contribution in [0.1, 0.15) is 29.7 Å². The van der Waals surface area contributed by atoms with E-state index in [2.05, 4.69) is 15.3 Å². The van der Waals surface area contributed by atoms with E-state index in [4.69, 9.17) is 9.84 Å². The lowest BCUT2D eigenvalue weighted by Crippen LogP contribution is -2.41. The number of anilines is 2. The van der Waals surface area contributed by atoms with Gasteiger partial charge < -0.3 is 20.1 Å². The summed E-state index contributed by atoms with van der Waals surface area (Å²) < 4.78 is 31.2. The highest BCUT2D eigenvalue weighted by molar-refractivity contribution is 7.92. The summed E-state index contributed by atoms with van der Waals surface area (Å²) in [7, 11) is -1.91. The van der Waals surface area contributed by atoms with Crippen molar-refractivity contribution in [2.45, 2.75) is 29.9 Å². The van der Waals surface area contributed by atoms with Gasteiger partial charge in [0.15, 0.2) is 9.84 Å². The fourth-order valence-electron chi connectivity index (χ4n) is 4.04. The van der Waals surface area contributed by atoms with Crippen LogP contribution in [0, 0.1) is 6.92 Å². The van der Waals surface area contributed by atoms with Crippen molar-refractivity contribution < 1.29 is 23.1 Å². The number of carbonyl (C=O) groups is 1. The number of aromatic nitrogens is 2. The number of piperidine rings is 1. The smallest absolute Gasteiger partial charge is 0.407 e. The zero-order valence-electron chi connectivity index (χ0n) is 20.1. The molecule has 4 rings (SSSR count). The van der Waals surface area contributed by atoms with Gasteiger partial charge in [-0.2, -0.15) is 0 Å². The third-order valence-corrected chi connectivity index (χ3v) is 8.44. The first kappa shape index (κ1) is 25.2. The molecule has 0 saturated carbocycles. The molecule has 10 heteroatoms. The Hall–Kier alpha value is -3.92. The molecule has 1 aliphatic rings. The molecule has 0 spiro atoms. The van der Waals surface area contributed by atoms with Crippen LogP contribution in [-0.4, -0.2) is 59.9 Å². The van der Waals surface area contributed by atoms with Gasteiger partial charge >= 0.3 is 6.09 Å². The van der Waals surface area contributed by atoms with E-state index < -0.39 is 21.2 Å². The highest BCUT2D eigenvalue weighted by Crippen LogP contribution is 2.26. The third kappa shape index (κ3) is 5.83. The maximum Gasteiger partial charge on any atom is 0.407 e. The van der Waals surface area contributed by atoms with Crippen LogP contribution in [-0.2, 0) is 9.84 Å². The highest BCUT2D eigenvalue weighted by atomic mass is 32.2. The Morgan fingerprint density at radius 2 is 1.86 bits per heavy atom. The van der Waals surface area contributed by atoms with Crippen LogP contribution in [0.4, 0.5) is 16.4 Å². The number of nitrogens with one attached hydrogen (secondary N) is 1. The van der Waals surface area contributed by atoms with E-state index >= 15 is 0 Å². The van der Waals surface area contributed by atoms with Gasteiger partial charge in [-0.3, -0.25) is 0 Å². The molecule has 1 aromatic heterocycles. The third-order valence-electron chi connectivity index (χ3n) is 6.16. The average molecular weight is 509 g/mol. The molecule has 3 aromatic rings. The Morgan fingerprint density at radius 3 is 2.50 bits per heavy atom. The standard InChI is InChI=1S/C26H28N4O5S/c1-18-20(7-6-19-4-3-5-22(16-19)35-2)17-27-25(28-18)29-21-8-10-23(11-9-21)36(33,34)24-12-14-30(15-13-24)26(31)32/h3-11,16-17,24H,12-15H2,1-2H3,(H,31,32)(H,27,28,29)/b7-6+. The van der Waals surface area contributed by atoms with Crippen LogP contribution in [0.3, 0.4) is 0 Å². The van der Waals surface area contributed by atoms with E-state index in [0.29, 0.717) is 24.5 Å². The summed E-state index contributed by atoms with van der Waals surface area (Å²) in [6.07, 6.45) is 5.20. The molecule has 0 bridgehead atoms. The quantitative estimate of drug-likeness (QED) is 0.474. The number of hydrogen-bond donors (Lipinski definition) is 2. The molecule has 1 fully saturated rings. The van der Waals surface area contributed by atoms with Crippen LogP contribution >= 0.6 is 0 Å². The van der Waals surface area contributed by atoms with Gasteiger partial charge in [0.05, 0.1) is 22.9 Å². The predicted octanol–water partition coefficient (Wildman–Crippen LogP) is 4.62. The number of hydrogen-bond acceptors (Lipinski definition) is 7. The van der Waals surface area contributed by atoms with Crippen molar-refractivity contribution in [3.8, 4) is 5.75 Å². The molecule has 1 aliphatic heterocycles. The van der Waals surface area contributed by atoms with E-state index in [1.54, 1.807) is 37.6 Å². The van der Waals surface area contributed by atoms with E-state index in [1.165, 1.54) is 4.90 Å². The topological polar surface area (TPSA) is 122 Å². The summed E-state index contributed by atoms with van der Waals surface area (Å²) in [6, 6.07) is 14.2. The molecule has 0 atom stereocenters. The summed E-state index contributed by atoms with van der Waals surface area (Å²) in [5, 5.41) is 11.6. The molecule has 36 heavy (non-hydrogen) atoms. The Balaban J connectivity index is 1.41. The Labute approximate surface area is 210 Å². The molecule has 0 unspecified atom stereocenters. The number of ether oxygens (including phenoxy) is 1. The number of methoxy groups -OCH3 is 1. The second-order valence-electron chi connectivity index (χ2n) is 8.51. The SMILES string of the molecule is COc1cccc(/C=C/c2cnc(Nc3ccc(S(=O)(=O)C4CCN(C(=O)O)CC4)cc3)nc2C)c1. The van der Waals surface area contributed by atoms with Crippen molar-refractivity contribution in [2.75, 3.05) is 25.5 Å². The van der Waals surface area contributed by atoms with Crippen molar-refractivity contribution in [1.82, 2.24) is 14.9 Å². The molecule has 0 aliphatic carbocycles. The van der Waals surface area contributed by atoms with Crippen molar-refractivity contribution in [1.29, 1.82) is 0 Å². The zero-order chi connectivity index (χ0) is 25.7. The van der Waals surface area contributed by atoms with E-state index in [-0.39, 0.29) is 18.0 Å². The van der Waals surface area contributed by atoms with Gasteiger partial charge in [0.1, 0.15) is 5.75 Å². The predicted molar refractivity (Wildman–Crippen MR) is 138 cm³/mol. The average Bonchev–Trinajstić information content (AvgIpc) is 2.88. The van der Waals surface area contributed by atoms with Gasteiger partial charge in [-0.25, -0.2) is 23.2 Å². The molecular formula is C26H28N4O5S. The molecule has 1 amide bonds. The summed E-state index contributed by atoms with van der Waals surface area (Å²) in [5.41, 5.74) is 3.32. The van der Waals surface area contributed by atoms with Crippen LogP contribution in [0.15, 0.2) is 59.6 Å².